The molecule has 4 nitrogen and oxygen atoms in total. The first-order valence-corrected chi connectivity index (χ1v) is 6.52. The summed E-state index contributed by atoms with van der Waals surface area (Å²) in [5.41, 5.74) is 1.78. The van der Waals surface area contributed by atoms with E-state index in [1.807, 2.05) is 39.0 Å². The van der Waals surface area contributed by atoms with Crippen LogP contribution in [0.5, 0.6) is 0 Å². The normalized spacial score (nSPS) is 18.9. The van der Waals surface area contributed by atoms with Crippen molar-refractivity contribution in [1.29, 1.82) is 0 Å². The van der Waals surface area contributed by atoms with Crippen molar-refractivity contribution in [3.63, 3.8) is 0 Å². The number of ether oxygens (including phenoxy) is 2. The third-order valence-electron chi connectivity index (χ3n) is 3.08. The average molecular weight is 263 g/mol. The molecule has 4 heteroatoms. The lowest BCUT2D eigenvalue weighted by Crippen LogP contribution is -2.43. The molecule has 0 saturated heterocycles. The fourth-order valence-corrected chi connectivity index (χ4v) is 2.29. The summed E-state index contributed by atoms with van der Waals surface area (Å²) in [5, 5.41) is 0. The van der Waals surface area contributed by atoms with Crippen molar-refractivity contribution >= 4 is 6.09 Å². The Balaban J connectivity index is 2.22. The highest BCUT2D eigenvalue weighted by Gasteiger charge is 2.33. The highest BCUT2D eigenvalue weighted by molar-refractivity contribution is 5.69. The summed E-state index contributed by atoms with van der Waals surface area (Å²) >= 11 is 0. The van der Waals surface area contributed by atoms with E-state index in [0.29, 0.717) is 6.54 Å². The molecule has 1 amide bonds. The Hall–Kier alpha value is -1.55. The maximum absolute atomic E-state index is 12.2. The third kappa shape index (κ3) is 3.07. The van der Waals surface area contributed by atoms with Gasteiger partial charge in [-0.1, -0.05) is 24.3 Å². The summed E-state index contributed by atoms with van der Waals surface area (Å²) in [6.45, 7) is 6.21. The lowest BCUT2D eigenvalue weighted by Gasteiger charge is -2.36. The number of amides is 1. The molecule has 104 valence electrons. The van der Waals surface area contributed by atoms with Crippen LogP contribution >= 0.6 is 0 Å². The molecule has 0 bridgehead atoms. The Morgan fingerprint density at radius 1 is 1.32 bits per heavy atom. The smallest absolute Gasteiger partial charge is 0.412 e. The Morgan fingerprint density at radius 2 is 2.00 bits per heavy atom. The molecule has 0 aromatic heterocycles. The highest BCUT2D eigenvalue weighted by atomic mass is 16.6. The van der Waals surface area contributed by atoms with Crippen LogP contribution < -0.4 is 0 Å². The molecule has 19 heavy (non-hydrogen) atoms. The van der Waals surface area contributed by atoms with Crippen molar-refractivity contribution in [2.75, 3.05) is 13.7 Å². The molecule has 1 heterocycles. The predicted octanol–water partition coefficient (Wildman–Crippen LogP) is 3.12. The van der Waals surface area contributed by atoms with Gasteiger partial charge in [0.1, 0.15) is 5.60 Å². The first-order chi connectivity index (χ1) is 8.92. The monoisotopic (exact) mass is 263 g/mol. The maximum atomic E-state index is 12.2. The zero-order valence-electron chi connectivity index (χ0n) is 12.0. The van der Waals surface area contributed by atoms with Gasteiger partial charge in [-0.05, 0) is 32.8 Å². The number of hydrogen-bond donors (Lipinski definition) is 0. The summed E-state index contributed by atoms with van der Waals surface area (Å²) in [7, 11) is 1.62. The number of carbonyl (C=O) groups excluding carboxylic acids is 1. The van der Waals surface area contributed by atoms with Gasteiger partial charge in [0, 0.05) is 19.2 Å². The minimum atomic E-state index is -0.494. The molecule has 0 fully saturated rings. The third-order valence-corrected chi connectivity index (χ3v) is 3.08. The van der Waals surface area contributed by atoms with Crippen molar-refractivity contribution in [1.82, 2.24) is 4.90 Å². The van der Waals surface area contributed by atoms with Gasteiger partial charge in [-0.3, -0.25) is 4.90 Å². The fraction of sp³-hybridized carbons (Fsp3) is 0.533. The van der Waals surface area contributed by atoms with E-state index in [0.717, 1.165) is 12.0 Å². The molecule has 0 saturated carbocycles. The van der Waals surface area contributed by atoms with Crippen LogP contribution in [0.25, 0.3) is 0 Å². The quantitative estimate of drug-likeness (QED) is 0.781. The van der Waals surface area contributed by atoms with Crippen LogP contribution in [-0.4, -0.2) is 30.2 Å². The molecule has 1 atom stereocenters. The van der Waals surface area contributed by atoms with Crippen molar-refractivity contribution in [2.24, 2.45) is 0 Å². The topological polar surface area (TPSA) is 38.8 Å². The first kappa shape index (κ1) is 13.9. The molecule has 1 aliphatic heterocycles. The van der Waals surface area contributed by atoms with Crippen LogP contribution in [0.3, 0.4) is 0 Å². The van der Waals surface area contributed by atoms with E-state index in [4.69, 9.17) is 9.47 Å². The van der Waals surface area contributed by atoms with Gasteiger partial charge in [-0.2, -0.15) is 0 Å². The van der Waals surface area contributed by atoms with Crippen molar-refractivity contribution in [3.8, 4) is 0 Å². The minimum Gasteiger partial charge on any atom is -0.444 e. The number of fused-ring (bicyclic) bond motifs is 1. The lowest BCUT2D eigenvalue weighted by atomic mass is 9.98. The van der Waals surface area contributed by atoms with Gasteiger partial charge in [0.25, 0.3) is 0 Å². The SMILES string of the molecule is COC1c2ccccc2CCN1C(=O)OC(C)(C)C. The van der Waals surface area contributed by atoms with Gasteiger partial charge >= 0.3 is 6.09 Å². The zero-order chi connectivity index (χ0) is 14.0. The molecule has 0 N–H and O–H groups in total. The van der Waals surface area contributed by atoms with E-state index in [1.54, 1.807) is 12.0 Å². The Morgan fingerprint density at radius 3 is 2.63 bits per heavy atom. The molecule has 1 unspecified atom stereocenters. The van der Waals surface area contributed by atoms with E-state index in [1.165, 1.54) is 5.56 Å². The van der Waals surface area contributed by atoms with Crippen LogP contribution in [-0.2, 0) is 15.9 Å². The summed E-state index contributed by atoms with van der Waals surface area (Å²) < 4.78 is 10.9. The second-order valence-electron chi connectivity index (χ2n) is 5.71. The number of methoxy groups -OCH3 is 1. The van der Waals surface area contributed by atoms with E-state index >= 15 is 0 Å². The van der Waals surface area contributed by atoms with Crippen molar-refractivity contribution in [2.45, 2.75) is 39.0 Å². The lowest BCUT2D eigenvalue weighted by molar-refractivity contribution is -0.0559. The van der Waals surface area contributed by atoms with Crippen LogP contribution in [0.15, 0.2) is 24.3 Å². The number of benzene rings is 1. The summed E-state index contributed by atoms with van der Waals surface area (Å²) in [5.74, 6) is 0. The molecule has 1 aliphatic rings. The summed E-state index contributed by atoms with van der Waals surface area (Å²) in [4.78, 5) is 13.9. The Labute approximate surface area is 114 Å². The highest BCUT2D eigenvalue weighted by Crippen LogP contribution is 2.31. The molecular weight excluding hydrogens is 242 g/mol. The molecule has 0 radical (unpaired) electrons. The van der Waals surface area contributed by atoms with E-state index in [-0.39, 0.29) is 12.3 Å². The first-order valence-electron chi connectivity index (χ1n) is 6.52. The van der Waals surface area contributed by atoms with E-state index in [2.05, 4.69) is 6.07 Å². The Bertz CT molecular complexity index is 465. The number of hydrogen-bond acceptors (Lipinski definition) is 3. The van der Waals surface area contributed by atoms with Gasteiger partial charge in [-0.15, -0.1) is 0 Å². The minimum absolute atomic E-state index is 0.325. The van der Waals surface area contributed by atoms with Crippen LogP contribution in [0.1, 0.15) is 38.1 Å². The largest absolute Gasteiger partial charge is 0.444 e. The van der Waals surface area contributed by atoms with E-state index in [9.17, 15) is 4.79 Å². The maximum Gasteiger partial charge on any atom is 0.412 e. The van der Waals surface area contributed by atoms with Gasteiger partial charge < -0.3 is 9.47 Å². The number of nitrogens with zero attached hydrogens (tertiary/aromatic N) is 1. The van der Waals surface area contributed by atoms with Gasteiger partial charge in [0.15, 0.2) is 6.23 Å². The van der Waals surface area contributed by atoms with Gasteiger partial charge in [0.05, 0.1) is 0 Å². The molecule has 1 aromatic carbocycles. The molecule has 0 spiro atoms. The van der Waals surface area contributed by atoms with Crippen LogP contribution in [0, 0.1) is 0 Å². The van der Waals surface area contributed by atoms with E-state index < -0.39 is 5.60 Å². The second kappa shape index (κ2) is 5.21. The van der Waals surface area contributed by atoms with Crippen LogP contribution in [0.4, 0.5) is 4.79 Å². The van der Waals surface area contributed by atoms with Crippen molar-refractivity contribution < 1.29 is 14.3 Å². The van der Waals surface area contributed by atoms with Gasteiger partial charge in [0.2, 0.25) is 0 Å². The zero-order valence-corrected chi connectivity index (χ0v) is 12.0. The molecular formula is C15H21NO3. The fourth-order valence-electron chi connectivity index (χ4n) is 2.29. The summed E-state index contributed by atoms with van der Waals surface area (Å²) in [6.07, 6.45) is 0.142. The molecule has 1 aromatic rings. The number of carbonyl (C=O) groups is 1. The van der Waals surface area contributed by atoms with Crippen LogP contribution in [0.2, 0.25) is 0 Å². The molecule has 2 rings (SSSR count). The van der Waals surface area contributed by atoms with Gasteiger partial charge in [-0.25, -0.2) is 4.79 Å². The predicted molar refractivity (Wildman–Crippen MR) is 72.8 cm³/mol. The standard InChI is InChI=1S/C15H21NO3/c1-15(2,3)19-14(17)16-10-9-11-7-5-6-8-12(11)13(16)18-4/h5-8,13H,9-10H2,1-4H3. The number of rotatable bonds is 1. The second-order valence-corrected chi connectivity index (χ2v) is 5.71. The molecule has 0 aliphatic carbocycles. The van der Waals surface area contributed by atoms with Crippen molar-refractivity contribution in [3.05, 3.63) is 35.4 Å². The Kier molecular flexibility index (Phi) is 3.80. The average Bonchev–Trinajstić information content (AvgIpc) is 2.35. The summed E-state index contributed by atoms with van der Waals surface area (Å²) in [6, 6.07) is 8.05.